The van der Waals surface area contributed by atoms with Gasteiger partial charge in [0.2, 0.25) is 0 Å². The van der Waals surface area contributed by atoms with Crippen molar-refractivity contribution in [2.24, 2.45) is 0 Å². The maximum atomic E-state index is 14.6. The number of hydrogen-bond acceptors (Lipinski definition) is 3. The van der Waals surface area contributed by atoms with E-state index in [0.29, 0.717) is 21.1 Å². The minimum Gasteiger partial charge on any atom is -0.509 e. The van der Waals surface area contributed by atoms with Crippen molar-refractivity contribution in [3.63, 3.8) is 0 Å². The van der Waals surface area contributed by atoms with Gasteiger partial charge in [-0.05, 0) is 44.8 Å². The van der Waals surface area contributed by atoms with Crippen LogP contribution in [0.5, 0.6) is 5.75 Å². The molecule has 0 fully saturated rings. The summed E-state index contributed by atoms with van der Waals surface area (Å²) in [6.45, 7) is 13.5. The second kappa shape index (κ2) is 7.42. The number of benzene rings is 1. The van der Waals surface area contributed by atoms with Gasteiger partial charge in [-0.1, -0.05) is 41.5 Å². The lowest BCUT2D eigenvalue weighted by Crippen LogP contribution is -2.51. The first kappa shape index (κ1) is 20.5. The highest BCUT2D eigenvalue weighted by Crippen LogP contribution is 2.46. The van der Waals surface area contributed by atoms with E-state index in [1.54, 1.807) is 0 Å². The zero-order valence-electron chi connectivity index (χ0n) is 15.5. The van der Waals surface area contributed by atoms with Crippen LogP contribution in [0.2, 0.25) is 16.6 Å². The first-order valence-electron chi connectivity index (χ1n) is 8.57. The second-order valence-corrected chi connectivity index (χ2v) is 13.9. The number of rotatable bonds is 6. The van der Waals surface area contributed by atoms with Gasteiger partial charge in [0, 0.05) is 17.0 Å². The maximum Gasteiger partial charge on any atom is 0.707 e. The lowest BCUT2D eigenvalue weighted by Gasteiger charge is -2.44. The smallest absolute Gasteiger partial charge is 0.509 e. The zero-order chi connectivity index (χ0) is 19.1. The normalized spacial score (nSPS) is 12.7. The number of hydrogen-bond donors (Lipinski definition) is 2. The van der Waals surface area contributed by atoms with Crippen LogP contribution in [0.1, 0.15) is 41.5 Å². The summed E-state index contributed by atoms with van der Waals surface area (Å²) in [6.07, 6.45) is 2.04. The van der Waals surface area contributed by atoms with Gasteiger partial charge in [-0.3, -0.25) is 0 Å². The minimum absolute atomic E-state index is 0.189. The Morgan fingerprint density at radius 1 is 1.12 bits per heavy atom. The number of fused-ring (bicyclic) bond motifs is 1. The van der Waals surface area contributed by atoms with Crippen molar-refractivity contribution in [2.45, 2.75) is 58.2 Å². The van der Waals surface area contributed by atoms with Gasteiger partial charge >= 0.3 is 7.32 Å². The average molecular weight is 430 g/mol. The summed E-state index contributed by atoms with van der Waals surface area (Å²) in [5.74, 6) is -0.808. The van der Waals surface area contributed by atoms with Gasteiger partial charge in [0.05, 0.1) is 4.47 Å². The molecule has 1 aromatic carbocycles. The van der Waals surface area contributed by atoms with E-state index in [1.165, 1.54) is 6.07 Å². The topological polar surface area (TPSA) is 54.6 Å². The second-order valence-electron chi connectivity index (χ2n) is 7.42. The molecule has 1 aromatic heterocycles. The molecular formula is C17H26BBrFNO3Si. The van der Waals surface area contributed by atoms with Crippen LogP contribution < -0.4 is 4.65 Å². The van der Waals surface area contributed by atoms with Crippen molar-refractivity contribution in [1.82, 2.24) is 4.23 Å². The van der Waals surface area contributed by atoms with E-state index in [4.69, 9.17) is 14.7 Å². The summed E-state index contributed by atoms with van der Waals surface area (Å²) in [4.78, 5) is 0. The van der Waals surface area contributed by atoms with Gasteiger partial charge in [-0.25, -0.2) is 4.39 Å². The van der Waals surface area contributed by atoms with Crippen molar-refractivity contribution in [3.05, 3.63) is 28.6 Å². The molecular weight excluding hydrogens is 404 g/mol. The minimum atomic E-state index is -2.07. The molecule has 8 heteroatoms. The molecule has 0 atom stereocenters. The van der Waals surface area contributed by atoms with E-state index in [2.05, 4.69) is 61.7 Å². The highest BCUT2D eigenvalue weighted by atomic mass is 79.9. The van der Waals surface area contributed by atoms with Gasteiger partial charge in [0.25, 0.3) is 0 Å². The molecule has 2 N–H and O–H groups in total. The molecule has 0 saturated carbocycles. The number of nitrogens with zero attached hydrogens (tertiary/aromatic N) is 1. The fraction of sp³-hybridized carbons (Fsp3) is 0.529. The molecule has 2 rings (SSSR count). The average Bonchev–Trinajstić information content (AvgIpc) is 2.87. The lowest BCUT2D eigenvalue weighted by molar-refractivity contribution is 0.281. The summed E-state index contributed by atoms with van der Waals surface area (Å²) < 4.78 is 22.1. The van der Waals surface area contributed by atoms with Crippen LogP contribution in [0.25, 0.3) is 10.9 Å². The van der Waals surface area contributed by atoms with Crippen molar-refractivity contribution in [3.8, 4) is 5.75 Å². The van der Waals surface area contributed by atoms with Gasteiger partial charge in [0.15, 0.2) is 19.8 Å². The molecule has 1 heterocycles. The standard InChI is InChI=1S/C17H26BBrFNO3Si/c1-10(2)25(11(3)4,12(5)6)21-8-7-13-15(21)9-14(20)17(16(13)19)24-18(22)23/h7-12,22-23H,1-6H3. The summed E-state index contributed by atoms with van der Waals surface area (Å²) in [5.41, 5.74) is 2.23. The van der Waals surface area contributed by atoms with E-state index in [0.717, 1.165) is 10.9 Å². The predicted molar refractivity (Wildman–Crippen MR) is 107 cm³/mol. The van der Waals surface area contributed by atoms with Crippen molar-refractivity contribution < 1.29 is 19.1 Å². The summed E-state index contributed by atoms with van der Waals surface area (Å²) in [7, 11) is -4.09. The molecule has 0 bridgehead atoms. The van der Waals surface area contributed by atoms with Crippen LogP contribution in [0.3, 0.4) is 0 Å². The molecule has 0 saturated heterocycles. The van der Waals surface area contributed by atoms with Crippen LogP contribution in [-0.2, 0) is 0 Å². The largest absolute Gasteiger partial charge is 0.707 e. The third-order valence-electron chi connectivity index (χ3n) is 5.26. The predicted octanol–water partition coefficient (Wildman–Crippen LogP) is 4.91. The Labute approximate surface area is 158 Å². The lowest BCUT2D eigenvalue weighted by atomic mass is 10.2. The molecule has 0 aliphatic heterocycles. The Hall–Kier alpha value is -0.828. The Balaban J connectivity index is 2.80. The fourth-order valence-electron chi connectivity index (χ4n) is 4.58. The Morgan fingerprint density at radius 3 is 2.08 bits per heavy atom. The molecule has 0 aliphatic carbocycles. The molecule has 0 unspecified atom stereocenters. The first-order valence-corrected chi connectivity index (χ1v) is 11.5. The zero-order valence-corrected chi connectivity index (χ0v) is 18.1. The molecule has 25 heavy (non-hydrogen) atoms. The third kappa shape index (κ3) is 3.29. The van der Waals surface area contributed by atoms with Gasteiger partial charge in [-0.2, -0.15) is 0 Å². The Morgan fingerprint density at radius 2 is 1.64 bits per heavy atom. The SMILES string of the molecule is CC(C)[Si](C(C)C)(C(C)C)n1ccc2c(Br)c(OB(O)O)c(F)cc21. The van der Waals surface area contributed by atoms with Crippen LogP contribution in [0.4, 0.5) is 4.39 Å². The van der Waals surface area contributed by atoms with Crippen molar-refractivity contribution in [1.29, 1.82) is 0 Å². The summed E-state index contributed by atoms with van der Waals surface area (Å²) >= 11 is 3.37. The van der Waals surface area contributed by atoms with Gasteiger partial charge < -0.3 is 18.9 Å². The van der Waals surface area contributed by atoms with E-state index in [-0.39, 0.29) is 5.75 Å². The van der Waals surface area contributed by atoms with Gasteiger partial charge in [0.1, 0.15) is 0 Å². The number of halogens is 2. The van der Waals surface area contributed by atoms with Crippen LogP contribution in [0.15, 0.2) is 22.8 Å². The Kier molecular flexibility index (Phi) is 6.08. The third-order valence-corrected chi connectivity index (χ3v) is 12.8. The van der Waals surface area contributed by atoms with Crippen LogP contribution in [0, 0.1) is 5.82 Å². The highest BCUT2D eigenvalue weighted by molar-refractivity contribution is 9.10. The number of aromatic nitrogens is 1. The van der Waals surface area contributed by atoms with E-state index in [9.17, 15) is 4.39 Å². The van der Waals surface area contributed by atoms with Crippen LogP contribution in [-0.4, -0.2) is 29.8 Å². The quantitative estimate of drug-likeness (QED) is 0.641. The van der Waals surface area contributed by atoms with E-state index < -0.39 is 21.4 Å². The monoisotopic (exact) mass is 429 g/mol. The molecule has 0 aliphatic rings. The molecule has 138 valence electrons. The summed E-state index contributed by atoms with van der Waals surface area (Å²) in [5, 5.41) is 18.9. The molecule has 4 nitrogen and oxygen atoms in total. The fourth-order valence-corrected chi connectivity index (χ4v) is 11.8. The van der Waals surface area contributed by atoms with E-state index in [1.807, 2.05) is 12.3 Å². The van der Waals surface area contributed by atoms with Crippen molar-refractivity contribution in [2.75, 3.05) is 0 Å². The first-order chi connectivity index (χ1) is 11.5. The van der Waals surface area contributed by atoms with Crippen molar-refractivity contribution >= 4 is 42.4 Å². The molecule has 0 radical (unpaired) electrons. The summed E-state index contributed by atoms with van der Waals surface area (Å²) in [6, 6.07) is 3.37. The molecule has 2 aromatic rings. The Bertz CT molecular complexity index is 742. The molecule has 0 spiro atoms. The van der Waals surface area contributed by atoms with Gasteiger partial charge in [-0.15, -0.1) is 0 Å². The molecule has 0 amide bonds. The maximum absolute atomic E-state index is 14.6. The van der Waals surface area contributed by atoms with Crippen LogP contribution >= 0.6 is 15.9 Å². The van der Waals surface area contributed by atoms with E-state index >= 15 is 0 Å². The highest BCUT2D eigenvalue weighted by Gasteiger charge is 2.45.